The van der Waals surface area contributed by atoms with Gasteiger partial charge in [0.1, 0.15) is 4.60 Å². The molecule has 0 amide bonds. The summed E-state index contributed by atoms with van der Waals surface area (Å²) in [4.78, 5) is 4.85. The van der Waals surface area contributed by atoms with Gasteiger partial charge in [0.2, 0.25) is 5.95 Å². The normalized spacial score (nSPS) is 14.8. The SMILES string of the molecule is CCCCCCCCn1c(NC2CCCC2)nc(Br)c1-c1ccccc1. The van der Waals surface area contributed by atoms with Gasteiger partial charge in [0.05, 0.1) is 5.69 Å². The summed E-state index contributed by atoms with van der Waals surface area (Å²) in [6, 6.07) is 11.2. The Kier molecular flexibility index (Phi) is 7.60. The van der Waals surface area contributed by atoms with E-state index >= 15 is 0 Å². The molecule has 142 valence electrons. The van der Waals surface area contributed by atoms with E-state index < -0.39 is 0 Å². The van der Waals surface area contributed by atoms with Gasteiger partial charge in [-0.15, -0.1) is 0 Å². The van der Waals surface area contributed by atoms with Crippen LogP contribution in [0.5, 0.6) is 0 Å². The molecule has 1 N–H and O–H groups in total. The quantitative estimate of drug-likeness (QED) is 0.420. The molecule has 0 spiro atoms. The van der Waals surface area contributed by atoms with Crippen LogP contribution < -0.4 is 5.32 Å². The minimum Gasteiger partial charge on any atom is -0.353 e. The van der Waals surface area contributed by atoms with E-state index in [2.05, 4.69) is 63.1 Å². The van der Waals surface area contributed by atoms with Crippen molar-refractivity contribution in [3.8, 4) is 11.3 Å². The maximum Gasteiger partial charge on any atom is 0.204 e. The summed E-state index contributed by atoms with van der Waals surface area (Å²) < 4.78 is 3.35. The van der Waals surface area contributed by atoms with Crippen LogP contribution in [0.3, 0.4) is 0 Å². The highest BCUT2D eigenvalue weighted by Crippen LogP contribution is 2.33. The Hall–Kier alpha value is -1.29. The molecule has 4 heteroatoms. The summed E-state index contributed by atoms with van der Waals surface area (Å²) in [7, 11) is 0. The minimum atomic E-state index is 0.580. The Morgan fingerprint density at radius 3 is 2.46 bits per heavy atom. The molecule has 1 aromatic heterocycles. The van der Waals surface area contributed by atoms with Crippen LogP contribution in [-0.4, -0.2) is 15.6 Å². The molecule has 1 aliphatic carbocycles. The summed E-state index contributed by atoms with van der Waals surface area (Å²) in [6.07, 6.45) is 13.1. The molecule has 1 aromatic carbocycles. The van der Waals surface area contributed by atoms with Crippen molar-refractivity contribution < 1.29 is 0 Å². The molecule has 0 aliphatic heterocycles. The molecule has 0 bridgehead atoms. The van der Waals surface area contributed by atoms with E-state index in [4.69, 9.17) is 4.98 Å². The van der Waals surface area contributed by atoms with Gasteiger partial charge in [-0.25, -0.2) is 4.98 Å². The zero-order valence-corrected chi connectivity index (χ0v) is 17.6. The van der Waals surface area contributed by atoms with Crippen LogP contribution in [0.2, 0.25) is 0 Å². The van der Waals surface area contributed by atoms with Gasteiger partial charge in [0, 0.05) is 18.2 Å². The minimum absolute atomic E-state index is 0.580. The topological polar surface area (TPSA) is 29.9 Å². The third-order valence-electron chi connectivity index (χ3n) is 5.40. The molecule has 1 fully saturated rings. The molecule has 3 nitrogen and oxygen atoms in total. The van der Waals surface area contributed by atoms with Crippen molar-refractivity contribution in [1.29, 1.82) is 0 Å². The van der Waals surface area contributed by atoms with Crippen molar-refractivity contribution in [1.82, 2.24) is 9.55 Å². The second-order valence-corrected chi connectivity index (χ2v) is 8.24. The number of anilines is 1. The molecular weight excluding hydrogens is 386 g/mol. The molecule has 2 aromatic rings. The molecule has 1 heterocycles. The van der Waals surface area contributed by atoms with Gasteiger partial charge in [-0.2, -0.15) is 0 Å². The molecule has 1 saturated carbocycles. The van der Waals surface area contributed by atoms with Crippen LogP contribution >= 0.6 is 15.9 Å². The molecule has 0 atom stereocenters. The van der Waals surface area contributed by atoms with Crippen LogP contribution in [0.25, 0.3) is 11.3 Å². The van der Waals surface area contributed by atoms with Crippen LogP contribution in [0, 0.1) is 0 Å². The smallest absolute Gasteiger partial charge is 0.204 e. The molecule has 0 radical (unpaired) electrons. The summed E-state index contributed by atoms with van der Waals surface area (Å²) >= 11 is 3.73. The van der Waals surface area contributed by atoms with Gasteiger partial charge in [-0.3, -0.25) is 0 Å². The first-order valence-electron chi connectivity index (χ1n) is 10.4. The zero-order valence-electron chi connectivity index (χ0n) is 16.0. The highest BCUT2D eigenvalue weighted by molar-refractivity contribution is 9.10. The third kappa shape index (κ3) is 5.12. The van der Waals surface area contributed by atoms with Crippen molar-refractivity contribution in [2.24, 2.45) is 0 Å². The lowest BCUT2D eigenvalue weighted by Crippen LogP contribution is -2.18. The molecular formula is C22H32BrN3. The Labute approximate surface area is 166 Å². The first kappa shape index (κ1) is 19.5. The number of nitrogens with zero attached hydrogens (tertiary/aromatic N) is 2. The van der Waals surface area contributed by atoms with Crippen LogP contribution in [0.4, 0.5) is 5.95 Å². The first-order chi connectivity index (χ1) is 12.8. The van der Waals surface area contributed by atoms with Crippen LogP contribution in [0.1, 0.15) is 71.1 Å². The number of imidazole rings is 1. The Morgan fingerprint density at radius 2 is 1.73 bits per heavy atom. The van der Waals surface area contributed by atoms with E-state index in [1.807, 2.05) is 0 Å². The van der Waals surface area contributed by atoms with Gasteiger partial charge < -0.3 is 9.88 Å². The summed E-state index contributed by atoms with van der Waals surface area (Å²) in [5.41, 5.74) is 2.44. The van der Waals surface area contributed by atoms with Gasteiger partial charge >= 0.3 is 0 Å². The van der Waals surface area contributed by atoms with Gasteiger partial charge in [-0.1, -0.05) is 82.2 Å². The largest absolute Gasteiger partial charge is 0.353 e. The predicted molar refractivity (Wildman–Crippen MR) is 115 cm³/mol. The zero-order chi connectivity index (χ0) is 18.2. The number of rotatable bonds is 10. The molecule has 26 heavy (non-hydrogen) atoms. The predicted octanol–water partition coefficient (Wildman–Crippen LogP) is 7.03. The average Bonchev–Trinajstić information content (AvgIpc) is 3.27. The number of aromatic nitrogens is 2. The summed E-state index contributed by atoms with van der Waals surface area (Å²) in [5.74, 6) is 1.04. The lowest BCUT2D eigenvalue weighted by molar-refractivity contribution is 0.559. The standard InChI is InChI=1S/C22H32BrN3/c1-2-3-4-5-6-12-17-26-20(18-13-8-7-9-14-18)21(23)25-22(26)24-19-15-10-11-16-19/h7-9,13-14,19H,2-6,10-12,15-17H2,1H3,(H,24,25). The molecule has 1 aliphatic rings. The third-order valence-corrected chi connectivity index (χ3v) is 5.95. The summed E-state index contributed by atoms with van der Waals surface area (Å²) in [6.45, 7) is 3.31. The van der Waals surface area contributed by atoms with E-state index in [0.717, 1.165) is 17.1 Å². The Bertz CT molecular complexity index is 660. The fourth-order valence-electron chi connectivity index (χ4n) is 3.93. The molecule has 0 unspecified atom stereocenters. The van der Waals surface area contributed by atoms with Crippen molar-refractivity contribution >= 4 is 21.9 Å². The number of benzene rings is 1. The first-order valence-corrected chi connectivity index (χ1v) is 11.2. The number of unbranched alkanes of at least 4 members (excludes halogenated alkanes) is 5. The van der Waals surface area contributed by atoms with Crippen LogP contribution in [-0.2, 0) is 6.54 Å². The maximum atomic E-state index is 4.85. The van der Waals surface area contributed by atoms with Crippen molar-refractivity contribution in [2.75, 3.05) is 5.32 Å². The molecule has 3 rings (SSSR count). The Balaban J connectivity index is 1.75. The fourth-order valence-corrected chi connectivity index (χ4v) is 4.54. The molecule has 0 saturated heterocycles. The Morgan fingerprint density at radius 1 is 1.04 bits per heavy atom. The highest BCUT2D eigenvalue weighted by atomic mass is 79.9. The van der Waals surface area contributed by atoms with Crippen LogP contribution in [0.15, 0.2) is 34.9 Å². The number of nitrogens with one attached hydrogen (secondary N) is 1. The lowest BCUT2D eigenvalue weighted by Gasteiger charge is -2.17. The van der Waals surface area contributed by atoms with Gasteiger partial charge in [0.25, 0.3) is 0 Å². The van der Waals surface area contributed by atoms with E-state index in [0.29, 0.717) is 6.04 Å². The van der Waals surface area contributed by atoms with Crippen molar-refractivity contribution in [2.45, 2.75) is 83.7 Å². The average molecular weight is 418 g/mol. The number of hydrogen-bond acceptors (Lipinski definition) is 2. The van der Waals surface area contributed by atoms with Gasteiger partial charge in [0.15, 0.2) is 0 Å². The van der Waals surface area contributed by atoms with E-state index in [1.165, 1.54) is 75.5 Å². The second-order valence-electron chi connectivity index (χ2n) is 7.49. The lowest BCUT2D eigenvalue weighted by atomic mass is 10.1. The van der Waals surface area contributed by atoms with E-state index in [1.54, 1.807) is 0 Å². The number of halogens is 1. The number of hydrogen-bond donors (Lipinski definition) is 1. The van der Waals surface area contributed by atoms with Gasteiger partial charge in [-0.05, 0) is 35.2 Å². The summed E-state index contributed by atoms with van der Waals surface area (Å²) in [5, 5.41) is 3.72. The van der Waals surface area contributed by atoms with Crippen molar-refractivity contribution in [3.05, 3.63) is 34.9 Å². The maximum absolute atomic E-state index is 4.85. The van der Waals surface area contributed by atoms with E-state index in [-0.39, 0.29) is 0 Å². The fraction of sp³-hybridized carbons (Fsp3) is 0.591. The van der Waals surface area contributed by atoms with E-state index in [9.17, 15) is 0 Å². The monoisotopic (exact) mass is 417 g/mol. The van der Waals surface area contributed by atoms with Crippen molar-refractivity contribution in [3.63, 3.8) is 0 Å². The highest BCUT2D eigenvalue weighted by Gasteiger charge is 2.21. The second kappa shape index (κ2) is 10.1.